The van der Waals surface area contributed by atoms with Gasteiger partial charge in [-0.15, -0.1) is 0 Å². The number of benzene rings is 3. The summed E-state index contributed by atoms with van der Waals surface area (Å²) >= 11 is 6.25. The smallest absolute Gasteiger partial charge is 0.299 e. The Bertz CT molecular complexity index is 1560. The summed E-state index contributed by atoms with van der Waals surface area (Å²) in [6.45, 7) is 5.97. The van der Waals surface area contributed by atoms with Gasteiger partial charge in [-0.05, 0) is 56.1 Å². The fourth-order valence-electron chi connectivity index (χ4n) is 6.15. The van der Waals surface area contributed by atoms with Crippen molar-refractivity contribution >= 4 is 23.3 Å². The molecule has 8 nitrogen and oxygen atoms in total. The van der Waals surface area contributed by atoms with Gasteiger partial charge in [0.2, 0.25) is 0 Å². The summed E-state index contributed by atoms with van der Waals surface area (Å²) in [6, 6.07) is 25.9. The van der Waals surface area contributed by atoms with Crippen LogP contribution in [0.4, 0.5) is 5.82 Å². The Morgan fingerprint density at radius 1 is 1.02 bits per heavy atom. The number of phenolic OH excluding ortho intramolecular Hbond substituents is 1. The van der Waals surface area contributed by atoms with Crippen LogP contribution in [0, 0.1) is 0 Å². The number of aromatic hydroxyl groups is 1. The van der Waals surface area contributed by atoms with Gasteiger partial charge in [-0.25, -0.2) is 0 Å². The van der Waals surface area contributed by atoms with Gasteiger partial charge >= 0.3 is 0 Å². The molecule has 212 valence electrons. The van der Waals surface area contributed by atoms with Crippen molar-refractivity contribution in [2.24, 2.45) is 0 Å². The van der Waals surface area contributed by atoms with Crippen LogP contribution in [0.25, 0.3) is 0 Å². The Morgan fingerprint density at radius 3 is 2.37 bits per heavy atom. The molecule has 0 spiro atoms. The lowest BCUT2D eigenvalue weighted by atomic mass is 10.1. The van der Waals surface area contributed by atoms with E-state index < -0.39 is 5.79 Å². The molecule has 0 radical (unpaired) electrons. The molecule has 0 aliphatic carbocycles. The summed E-state index contributed by atoms with van der Waals surface area (Å²) in [5.74, 6) is -0.147. The first-order chi connectivity index (χ1) is 19.8. The molecule has 2 aliphatic heterocycles. The number of anilines is 1. The number of rotatable bonds is 8. The van der Waals surface area contributed by atoms with Crippen LogP contribution in [0.15, 0.2) is 78.9 Å². The van der Waals surface area contributed by atoms with Gasteiger partial charge in [0.25, 0.3) is 11.9 Å². The zero-order chi connectivity index (χ0) is 28.7. The lowest BCUT2D eigenvalue weighted by Gasteiger charge is -2.50. The largest absolute Gasteiger partial charge is 0.506 e. The highest BCUT2D eigenvalue weighted by Gasteiger charge is 2.57. The topological polar surface area (TPSA) is 74.1 Å². The third-order valence-electron chi connectivity index (χ3n) is 8.44. The minimum Gasteiger partial charge on any atom is -0.506 e. The first-order valence-electron chi connectivity index (χ1n) is 13.9. The van der Waals surface area contributed by atoms with Gasteiger partial charge in [0.05, 0.1) is 11.6 Å². The maximum Gasteiger partial charge on any atom is 0.299 e. The van der Waals surface area contributed by atoms with Crippen LogP contribution in [0.2, 0.25) is 5.02 Å². The van der Waals surface area contributed by atoms with E-state index in [-0.39, 0.29) is 22.7 Å². The van der Waals surface area contributed by atoms with Crippen LogP contribution in [0.3, 0.4) is 0 Å². The molecule has 1 amide bonds. The number of ether oxygens (including phenoxy) is 1. The lowest BCUT2D eigenvalue weighted by molar-refractivity contribution is -0.00817. The summed E-state index contributed by atoms with van der Waals surface area (Å²) < 4.78 is 8.15. The molecule has 1 saturated heterocycles. The molecule has 4 aromatic rings. The van der Waals surface area contributed by atoms with E-state index in [1.54, 1.807) is 18.2 Å². The fourth-order valence-corrected chi connectivity index (χ4v) is 6.35. The normalized spacial score (nSPS) is 20.3. The van der Waals surface area contributed by atoms with E-state index in [2.05, 4.69) is 48.0 Å². The average molecular weight is 572 g/mol. The average Bonchev–Trinajstić information content (AvgIpc) is 3.45. The summed E-state index contributed by atoms with van der Waals surface area (Å²) in [5, 5.41) is 10.2. The zero-order valence-electron chi connectivity index (χ0n) is 23.5. The van der Waals surface area contributed by atoms with Gasteiger partial charge in [-0.1, -0.05) is 78.3 Å². The number of nitrogens with zero attached hydrogens (tertiary/aromatic N) is 5. The number of aromatic nitrogens is 2. The number of halogens is 1. The van der Waals surface area contributed by atoms with E-state index in [9.17, 15) is 9.90 Å². The maximum absolute atomic E-state index is 14.3. The SMILES string of the molecule is CCN1C(=O)c2c(nc(OCc3ccccc3)n2Cc2ccc(O)c(Cl)c2)N2C[C@@H](Cc3ccccc3)N(C)[C@@]12C. The highest BCUT2D eigenvalue weighted by Crippen LogP contribution is 2.45. The molecule has 1 aromatic heterocycles. The second-order valence-corrected chi connectivity index (χ2v) is 11.2. The third kappa shape index (κ3) is 4.71. The van der Waals surface area contributed by atoms with Crippen molar-refractivity contribution in [2.75, 3.05) is 25.0 Å². The van der Waals surface area contributed by atoms with Crippen molar-refractivity contribution in [3.8, 4) is 11.8 Å². The number of carbonyl (C=O) groups is 1. The number of likely N-dealkylation sites (N-methyl/N-ethyl adjacent to an activating group) is 1. The molecule has 0 bridgehead atoms. The minimum atomic E-state index is -0.685. The Hall–Kier alpha value is -4.01. The summed E-state index contributed by atoms with van der Waals surface area (Å²) in [5.41, 5.74) is 3.57. The fraction of sp³-hybridized carbons (Fsp3) is 0.312. The van der Waals surface area contributed by atoms with Crippen molar-refractivity contribution in [1.29, 1.82) is 0 Å². The highest BCUT2D eigenvalue weighted by atomic mass is 35.5. The number of hydrogen-bond acceptors (Lipinski definition) is 6. The molecule has 41 heavy (non-hydrogen) atoms. The van der Waals surface area contributed by atoms with Crippen molar-refractivity contribution in [3.63, 3.8) is 0 Å². The molecule has 1 N–H and O–H groups in total. The predicted octanol–water partition coefficient (Wildman–Crippen LogP) is 5.38. The van der Waals surface area contributed by atoms with Crippen molar-refractivity contribution in [1.82, 2.24) is 19.4 Å². The van der Waals surface area contributed by atoms with E-state index >= 15 is 0 Å². The second kappa shape index (κ2) is 10.8. The summed E-state index contributed by atoms with van der Waals surface area (Å²) in [7, 11) is 2.09. The summed E-state index contributed by atoms with van der Waals surface area (Å²) in [6.07, 6.45) is 0.856. The molecular weight excluding hydrogens is 538 g/mol. The van der Waals surface area contributed by atoms with Gasteiger partial charge in [0.15, 0.2) is 17.3 Å². The molecule has 0 saturated carbocycles. The van der Waals surface area contributed by atoms with Crippen LogP contribution >= 0.6 is 11.6 Å². The Labute approximate surface area is 245 Å². The molecule has 2 atom stereocenters. The molecule has 9 heteroatoms. The van der Waals surface area contributed by atoms with Gasteiger partial charge in [-0.3, -0.25) is 14.3 Å². The molecule has 1 fully saturated rings. The van der Waals surface area contributed by atoms with E-state index in [0.717, 1.165) is 17.5 Å². The number of hydrogen-bond donors (Lipinski definition) is 1. The van der Waals surface area contributed by atoms with Crippen molar-refractivity contribution in [2.45, 2.75) is 45.2 Å². The number of phenols is 1. The number of carbonyl (C=O) groups excluding carboxylic acids is 1. The van der Waals surface area contributed by atoms with Crippen molar-refractivity contribution in [3.05, 3.63) is 106 Å². The monoisotopic (exact) mass is 571 g/mol. The van der Waals surface area contributed by atoms with Crippen LogP contribution in [-0.4, -0.2) is 62.3 Å². The lowest BCUT2D eigenvalue weighted by Crippen LogP contribution is -2.67. The van der Waals surface area contributed by atoms with Gasteiger partial charge < -0.3 is 19.6 Å². The second-order valence-electron chi connectivity index (χ2n) is 10.8. The van der Waals surface area contributed by atoms with Gasteiger partial charge in [0, 0.05) is 19.1 Å². The van der Waals surface area contributed by atoms with Crippen LogP contribution in [-0.2, 0) is 19.6 Å². The molecule has 6 rings (SSSR count). The minimum absolute atomic E-state index is 0.0113. The third-order valence-corrected chi connectivity index (χ3v) is 8.75. The van der Waals surface area contributed by atoms with Gasteiger partial charge in [0.1, 0.15) is 12.4 Å². The molecule has 3 heterocycles. The number of imidazole rings is 1. The zero-order valence-corrected chi connectivity index (χ0v) is 24.3. The Kier molecular flexibility index (Phi) is 7.13. The van der Waals surface area contributed by atoms with E-state index in [1.165, 1.54) is 5.56 Å². The number of fused-ring (bicyclic) bond motifs is 3. The van der Waals surface area contributed by atoms with E-state index in [4.69, 9.17) is 21.3 Å². The first kappa shape index (κ1) is 27.2. The van der Waals surface area contributed by atoms with Gasteiger partial charge in [-0.2, -0.15) is 4.98 Å². The number of amides is 1. The van der Waals surface area contributed by atoms with Crippen LogP contribution in [0.5, 0.6) is 11.8 Å². The molecule has 0 unspecified atom stereocenters. The molecule has 3 aromatic carbocycles. The summed E-state index contributed by atoms with van der Waals surface area (Å²) in [4.78, 5) is 25.8. The maximum atomic E-state index is 14.3. The predicted molar refractivity (Wildman–Crippen MR) is 159 cm³/mol. The standard InChI is InChI=1S/C32H34ClN5O3/c1-4-37-30(40)28-29(38-20-25(35(3)32(37,38)2)17-22-11-7-5-8-12-22)34-31(41-21-23-13-9-6-10-14-23)36(28)19-24-15-16-27(39)26(33)18-24/h5-16,18,25,39H,4,17,19-21H2,1-3H3/t25-,32+/m1/s1. The van der Waals surface area contributed by atoms with E-state index in [1.807, 2.05) is 52.8 Å². The van der Waals surface area contributed by atoms with E-state index in [0.29, 0.717) is 43.8 Å². The van der Waals surface area contributed by atoms with Crippen LogP contribution < -0.4 is 9.64 Å². The first-order valence-corrected chi connectivity index (χ1v) is 14.3. The van der Waals surface area contributed by atoms with Crippen molar-refractivity contribution < 1.29 is 14.6 Å². The van der Waals surface area contributed by atoms with Crippen LogP contribution in [0.1, 0.15) is 41.0 Å². The molecular formula is C32H34ClN5O3. The molecule has 2 aliphatic rings. The quantitative estimate of drug-likeness (QED) is 0.306. The Balaban J connectivity index is 1.43. The highest BCUT2D eigenvalue weighted by molar-refractivity contribution is 6.32. The Morgan fingerprint density at radius 2 is 1.71 bits per heavy atom.